The van der Waals surface area contributed by atoms with E-state index in [9.17, 15) is 4.79 Å². The van der Waals surface area contributed by atoms with Crippen LogP contribution in [0.2, 0.25) is 0 Å². The van der Waals surface area contributed by atoms with Gasteiger partial charge in [-0.25, -0.2) is 4.98 Å². The summed E-state index contributed by atoms with van der Waals surface area (Å²) in [7, 11) is 2.18. The van der Waals surface area contributed by atoms with Crippen LogP contribution in [0.15, 0.2) is 36.5 Å². The fourth-order valence-electron chi connectivity index (χ4n) is 7.28. The highest BCUT2D eigenvalue weighted by atomic mass is 35.5. The number of piperidine rings is 2. The van der Waals surface area contributed by atoms with Gasteiger partial charge in [0.2, 0.25) is 0 Å². The first-order chi connectivity index (χ1) is 20.0. The van der Waals surface area contributed by atoms with Crippen LogP contribution in [0.25, 0.3) is 21.8 Å². The Hall–Kier alpha value is -2.69. The fraction of sp³-hybridized carbons (Fsp3) is 0.531. The Bertz CT molecular complexity index is 1550. The SMILES string of the molecule is Cc1nn(C2CCN(CC3CCNCC3)CC2)c2cc(C(=O)Nc3cc4[nH]c([C@H]5CCCN5C)cc4cn3)ccc12.Cl.Cl. The van der Waals surface area contributed by atoms with Crippen molar-refractivity contribution in [2.75, 3.05) is 51.6 Å². The van der Waals surface area contributed by atoms with E-state index in [1.165, 1.54) is 31.5 Å². The summed E-state index contributed by atoms with van der Waals surface area (Å²) >= 11 is 0. The van der Waals surface area contributed by atoms with E-state index in [4.69, 9.17) is 5.10 Å². The summed E-state index contributed by atoms with van der Waals surface area (Å²) in [5.41, 5.74) is 4.91. The van der Waals surface area contributed by atoms with Crippen LogP contribution in [0.1, 0.15) is 72.4 Å². The van der Waals surface area contributed by atoms with Gasteiger partial charge in [0.25, 0.3) is 5.91 Å². The number of amides is 1. The van der Waals surface area contributed by atoms with E-state index in [0.29, 0.717) is 23.5 Å². The number of carbonyl (C=O) groups excluding carboxylic acids is 1. The van der Waals surface area contributed by atoms with E-state index in [2.05, 4.69) is 55.1 Å². The first-order valence-corrected chi connectivity index (χ1v) is 15.4. The Kier molecular flexibility index (Phi) is 9.98. The molecule has 3 saturated heterocycles. The van der Waals surface area contributed by atoms with Gasteiger partial charge in [0.15, 0.2) is 0 Å². The fourth-order valence-corrected chi connectivity index (χ4v) is 7.28. The number of halogens is 2. The van der Waals surface area contributed by atoms with Crippen LogP contribution in [0.5, 0.6) is 0 Å². The predicted molar refractivity (Wildman–Crippen MR) is 178 cm³/mol. The smallest absolute Gasteiger partial charge is 0.256 e. The quantitative estimate of drug-likeness (QED) is 0.253. The molecule has 1 amide bonds. The molecule has 0 radical (unpaired) electrons. The van der Waals surface area contributed by atoms with Crippen molar-refractivity contribution in [3.05, 3.63) is 53.5 Å². The van der Waals surface area contributed by atoms with Crippen molar-refractivity contribution in [3.8, 4) is 0 Å². The van der Waals surface area contributed by atoms with E-state index in [1.54, 1.807) is 0 Å². The standard InChI is InChI=1S/C32H42N8O.2ClH/c1-21-26-6-5-23(17-30(26)40(37-21)25-9-14-39(15-10-25)20-22-7-11-33-12-8-22)32(41)36-31-18-27-24(19-34-31)16-28(35-27)29-4-3-13-38(29)2;;/h5-6,16-19,22,25,29,33,35H,3-4,7-15,20H2,1-2H3,(H,34,36,41);2*1H/t29-;;/m1../s1. The van der Waals surface area contributed by atoms with Gasteiger partial charge in [0, 0.05) is 60.0 Å². The summed E-state index contributed by atoms with van der Waals surface area (Å²) in [5, 5.41) is 13.7. The molecule has 3 fully saturated rings. The highest BCUT2D eigenvalue weighted by molar-refractivity contribution is 6.06. The third-order valence-corrected chi connectivity index (χ3v) is 9.68. The van der Waals surface area contributed by atoms with Crippen molar-refractivity contribution in [1.82, 2.24) is 34.9 Å². The highest BCUT2D eigenvalue weighted by Gasteiger charge is 2.26. The lowest BCUT2D eigenvalue weighted by molar-refractivity contribution is 0.102. The first kappa shape index (κ1) is 31.7. The van der Waals surface area contributed by atoms with Gasteiger partial charge < -0.3 is 20.5 Å². The number of likely N-dealkylation sites (tertiary alicyclic amines) is 2. The molecule has 0 aliphatic carbocycles. The number of nitrogens with one attached hydrogen (secondary N) is 3. The number of benzene rings is 1. The highest BCUT2D eigenvalue weighted by Crippen LogP contribution is 2.33. The van der Waals surface area contributed by atoms with Crippen molar-refractivity contribution in [3.63, 3.8) is 0 Å². The van der Waals surface area contributed by atoms with Crippen LogP contribution < -0.4 is 10.6 Å². The van der Waals surface area contributed by atoms with Crippen LogP contribution in [0.4, 0.5) is 5.82 Å². The minimum atomic E-state index is -0.150. The number of nitrogens with zero attached hydrogens (tertiary/aromatic N) is 5. The molecule has 9 nitrogen and oxygen atoms in total. The van der Waals surface area contributed by atoms with Gasteiger partial charge in [-0.3, -0.25) is 14.4 Å². The molecule has 4 aromatic rings. The number of hydrogen-bond donors (Lipinski definition) is 3. The molecule has 0 bridgehead atoms. The van der Waals surface area contributed by atoms with E-state index in [0.717, 1.165) is 85.4 Å². The summed E-state index contributed by atoms with van der Waals surface area (Å²) in [5.74, 6) is 1.23. The molecule has 0 spiro atoms. The maximum atomic E-state index is 13.4. The number of hydrogen-bond acceptors (Lipinski definition) is 6. The predicted octanol–water partition coefficient (Wildman–Crippen LogP) is 5.72. The van der Waals surface area contributed by atoms with Gasteiger partial charge in [-0.1, -0.05) is 6.07 Å². The number of rotatable bonds is 6. The van der Waals surface area contributed by atoms with Gasteiger partial charge in [0.05, 0.1) is 22.8 Å². The lowest BCUT2D eigenvalue weighted by Gasteiger charge is -2.35. The lowest BCUT2D eigenvalue weighted by atomic mass is 9.96. The van der Waals surface area contributed by atoms with E-state index < -0.39 is 0 Å². The molecule has 0 unspecified atom stereocenters. The van der Waals surface area contributed by atoms with Crippen LogP contribution in [0, 0.1) is 12.8 Å². The maximum Gasteiger partial charge on any atom is 0.256 e. The number of anilines is 1. The molecule has 1 aromatic carbocycles. The Labute approximate surface area is 266 Å². The molecule has 6 heterocycles. The number of H-pyrrole nitrogens is 1. The summed E-state index contributed by atoms with van der Waals surface area (Å²) in [6.07, 6.45) is 9.00. The zero-order valence-electron chi connectivity index (χ0n) is 25.1. The van der Waals surface area contributed by atoms with E-state index in [-0.39, 0.29) is 30.7 Å². The van der Waals surface area contributed by atoms with Crippen LogP contribution in [-0.4, -0.2) is 81.8 Å². The Morgan fingerprint density at radius 3 is 2.56 bits per heavy atom. The van der Waals surface area contributed by atoms with Crippen LogP contribution in [0.3, 0.4) is 0 Å². The average Bonchev–Trinajstić information content (AvgIpc) is 3.70. The summed E-state index contributed by atoms with van der Waals surface area (Å²) in [6, 6.07) is 10.9. The normalized spacial score (nSPS) is 20.7. The molecule has 0 saturated carbocycles. The van der Waals surface area contributed by atoms with Gasteiger partial charge in [-0.2, -0.15) is 5.10 Å². The number of fused-ring (bicyclic) bond motifs is 2. The largest absolute Gasteiger partial charge is 0.357 e. The van der Waals surface area contributed by atoms with Crippen molar-refractivity contribution >= 4 is 58.3 Å². The van der Waals surface area contributed by atoms with E-state index in [1.807, 2.05) is 30.5 Å². The minimum Gasteiger partial charge on any atom is -0.357 e. The minimum absolute atomic E-state index is 0. The molecule has 3 N–H and O–H groups in total. The van der Waals surface area contributed by atoms with Crippen LogP contribution in [-0.2, 0) is 0 Å². The maximum absolute atomic E-state index is 13.4. The third kappa shape index (κ3) is 6.56. The van der Waals surface area contributed by atoms with Crippen LogP contribution >= 0.6 is 24.8 Å². The molecular weight excluding hydrogens is 583 g/mol. The molecule has 11 heteroatoms. The second-order valence-electron chi connectivity index (χ2n) is 12.5. The monoisotopic (exact) mass is 626 g/mol. The molecule has 232 valence electrons. The summed E-state index contributed by atoms with van der Waals surface area (Å²) < 4.78 is 2.19. The van der Waals surface area contributed by atoms with Crippen molar-refractivity contribution < 1.29 is 4.79 Å². The third-order valence-electron chi connectivity index (χ3n) is 9.68. The number of carbonyl (C=O) groups is 1. The molecule has 3 aromatic heterocycles. The molecule has 7 rings (SSSR count). The lowest BCUT2D eigenvalue weighted by Crippen LogP contribution is -2.40. The number of aromatic amines is 1. The van der Waals surface area contributed by atoms with Gasteiger partial charge in [0.1, 0.15) is 5.82 Å². The number of aryl methyl sites for hydroxylation is 1. The number of aromatic nitrogens is 4. The topological polar surface area (TPSA) is 94.1 Å². The summed E-state index contributed by atoms with van der Waals surface area (Å²) in [4.78, 5) is 26.5. The van der Waals surface area contributed by atoms with Gasteiger partial charge in [-0.05, 0) is 96.2 Å². The Balaban J connectivity index is 0.00000184. The Morgan fingerprint density at radius 1 is 1.02 bits per heavy atom. The van der Waals surface area contributed by atoms with E-state index >= 15 is 0 Å². The molecule has 3 aliphatic rings. The first-order valence-electron chi connectivity index (χ1n) is 15.4. The second kappa shape index (κ2) is 13.5. The van der Waals surface area contributed by atoms with Crippen molar-refractivity contribution in [2.24, 2.45) is 5.92 Å². The zero-order valence-corrected chi connectivity index (χ0v) is 26.8. The summed E-state index contributed by atoms with van der Waals surface area (Å²) in [6.45, 7) is 8.95. The number of pyridine rings is 1. The molecule has 1 atom stereocenters. The molecular formula is C32H44Cl2N8O. The average molecular weight is 628 g/mol. The van der Waals surface area contributed by atoms with Crippen molar-refractivity contribution in [1.29, 1.82) is 0 Å². The molecule has 3 aliphatic heterocycles. The molecule has 43 heavy (non-hydrogen) atoms. The van der Waals surface area contributed by atoms with Crippen molar-refractivity contribution in [2.45, 2.75) is 57.5 Å². The second-order valence-corrected chi connectivity index (χ2v) is 12.5. The Morgan fingerprint density at radius 2 is 1.81 bits per heavy atom. The zero-order chi connectivity index (χ0) is 27.9. The van der Waals surface area contributed by atoms with Gasteiger partial charge in [-0.15, -0.1) is 24.8 Å². The van der Waals surface area contributed by atoms with Gasteiger partial charge >= 0.3 is 0 Å².